The van der Waals surface area contributed by atoms with Gasteiger partial charge in [-0.1, -0.05) is 6.07 Å². The third-order valence-corrected chi connectivity index (χ3v) is 3.52. The Morgan fingerprint density at radius 1 is 1.17 bits per heavy atom. The van der Waals surface area contributed by atoms with Crippen molar-refractivity contribution in [3.05, 3.63) is 82.2 Å². The molecule has 0 fully saturated rings. The molecule has 0 saturated heterocycles. The van der Waals surface area contributed by atoms with Crippen molar-refractivity contribution in [1.29, 1.82) is 0 Å². The molecule has 1 heterocycles. The molecule has 120 valence electrons. The number of hydrogen-bond acceptors (Lipinski definition) is 4. The van der Waals surface area contributed by atoms with Crippen LogP contribution in [0.3, 0.4) is 0 Å². The lowest BCUT2D eigenvalue weighted by Crippen LogP contribution is -2.12. The summed E-state index contributed by atoms with van der Waals surface area (Å²) in [5.41, 5.74) is 2.60. The molecular formula is C17H14N4O3. The summed E-state index contributed by atoms with van der Waals surface area (Å²) in [6, 6.07) is 14.7. The number of benzene rings is 2. The number of amides is 1. The summed E-state index contributed by atoms with van der Waals surface area (Å²) < 4.78 is 1.77. The number of nitro benzene ring substituents is 1. The van der Waals surface area contributed by atoms with Crippen LogP contribution in [-0.2, 0) is 0 Å². The molecule has 7 heteroatoms. The van der Waals surface area contributed by atoms with Crippen molar-refractivity contribution in [2.24, 2.45) is 0 Å². The average Bonchev–Trinajstić information content (AvgIpc) is 3.01. The molecule has 7 nitrogen and oxygen atoms in total. The molecule has 0 aliphatic rings. The van der Waals surface area contributed by atoms with Crippen LogP contribution in [0.2, 0.25) is 0 Å². The lowest BCUT2D eigenvalue weighted by atomic mass is 10.2. The topological polar surface area (TPSA) is 90.1 Å². The summed E-state index contributed by atoms with van der Waals surface area (Å²) in [7, 11) is 0. The minimum atomic E-state index is -0.503. The number of nitrogens with one attached hydrogen (secondary N) is 1. The predicted molar refractivity (Wildman–Crippen MR) is 89.4 cm³/mol. The molecule has 24 heavy (non-hydrogen) atoms. The first-order valence-electron chi connectivity index (χ1n) is 7.21. The minimum absolute atomic E-state index is 0.0719. The number of anilines is 1. The molecule has 3 aromatic rings. The van der Waals surface area contributed by atoms with E-state index in [9.17, 15) is 14.9 Å². The van der Waals surface area contributed by atoms with E-state index in [0.717, 1.165) is 11.4 Å². The van der Waals surface area contributed by atoms with E-state index in [1.165, 1.54) is 18.2 Å². The van der Waals surface area contributed by atoms with Crippen molar-refractivity contribution in [2.75, 3.05) is 5.32 Å². The van der Waals surface area contributed by atoms with Gasteiger partial charge in [-0.3, -0.25) is 14.9 Å². The van der Waals surface area contributed by atoms with Crippen LogP contribution in [0, 0.1) is 17.0 Å². The van der Waals surface area contributed by atoms with Gasteiger partial charge in [-0.2, -0.15) is 5.10 Å². The van der Waals surface area contributed by atoms with E-state index in [-0.39, 0.29) is 11.6 Å². The van der Waals surface area contributed by atoms with Crippen LogP contribution in [-0.4, -0.2) is 20.6 Å². The van der Waals surface area contributed by atoms with Crippen molar-refractivity contribution >= 4 is 17.3 Å². The molecule has 0 bridgehead atoms. The molecule has 0 unspecified atom stereocenters. The highest BCUT2D eigenvalue weighted by atomic mass is 16.6. The Morgan fingerprint density at radius 2 is 1.92 bits per heavy atom. The zero-order valence-corrected chi connectivity index (χ0v) is 12.8. The fourth-order valence-electron chi connectivity index (χ4n) is 2.29. The van der Waals surface area contributed by atoms with E-state index >= 15 is 0 Å². The molecule has 3 rings (SSSR count). The van der Waals surface area contributed by atoms with E-state index < -0.39 is 4.92 Å². The SMILES string of the molecule is Cc1ccnn1-c1ccc(C(=O)Nc2cccc([N+](=O)[O-])c2)cc1. The molecule has 0 aliphatic carbocycles. The lowest BCUT2D eigenvalue weighted by Gasteiger charge is -2.07. The minimum Gasteiger partial charge on any atom is -0.322 e. The van der Waals surface area contributed by atoms with E-state index in [4.69, 9.17) is 0 Å². The van der Waals surface area contributed by atoms with Crippen LogP contribution in [0.15, 0.2) is 60.8 Å². The summed E-state index contributed by atoms with van der Waals surface area (Å²) in [5.74, 6) is -0.334. The predicted octanol–water partition coefficient (Wildman–Crippen LogP) is 3.34. The Kier molecular flexibility index (Phi) is 4.07. The number of aryl methyl sites for hydroxylation is 1. The van der Waals surface area contributed by atoms with E-state index in [1.54, 1.807) is 41.2 Å². The standard InChI is InChI=1S/C17H14N4O3/c1-12-9-10-18-20(12)15-7-5-13(6-8-15)17(22)19-14-3-2-4-16(11-14)21(23)24/h2-11H,1H3,(H,19,22). The van der Waals surface area contributed by atoms with Crippen molar-refractivity contribution < 1.29 is 9.72 Å². The maximum absolute atomic E-state index is 12.3. The summed E-state index contributed by atoms with van der Waals surface area (Å²) in [5, 5.41) is 17.6. The Morgan fingerprint density at radius 3 is 2.54 bits per heavy atom. The molecule has 1 amide bonds. The fourth-order valence-corrected chi connectivity index (χ4v) is 2.29. The van der Waals surface area contributed by atoms with Gasteiger partial charge in [-0.05, 0) is 43.3 Å². The maximum atomic E-state index is 12.3. The maximum Gasteiger partial charge on any atom is 0.271 e. The molecule has 0 spiro atoms. The zero-order chi connectivity index (χ0) is 17.1. The molecule has 1 N–H and O–H groups in total. The van der Waals surface area contributed by atoms with Gasteiger partial charge in [-0.25, -0.2) is 4.68 Å². The third-order valence-electron chi connectivity index (χ3n) is 3.52. The highest BCUT2D eigenvalue weighted by Crippen LogP contribution is 2.18. The van der Waals surface area contributed by atoms with E-state index in [0.29, 0.717) is 11.3 Å². The first-order chi connectivity index (χ1) is 11.5. The number of aromatic nitrogens is 2. The van der Waals surface area contributed by atoms with Gasteiger partial charge in [0.25, 0.3) is 11.6 Å². The Bertz CT molecular complexity index is 900. The molecule has 2 aromatic carbocycles. The zero-order valence-electron chi connectivity index (χ0n) is 12.8. The summed E-state index contributed by atoms with van der Waals surface area (Å²) >= 11 is 0. The monoisotopic (exact) mass is 322 g/mol. The van der Waals surface area contributed by atoms with Crippen LogP contribution in [0.1, 0.15) is 16.1 Å². The van der Waals surface area contributed by atoms with Gasteiger partial charge in [0.1, 0.15) is 0 Å². The largest absolute Gasteiger partial charge is 0.322 e. The second kappa shape index (κ2) is 6.33. The van der Waals surface area contributed by atoms with Crippen molar-refractivity contribution in [1.82, 2.24) is 9.78 Å². The van der Waals surface area contributed by atoms with Gasteiger partial charge >= 0.3 is 0 Å². The highest BCUT2D eigenvalue weighted by Gasteiger charge is 2.10. The van der Waals surface area contributed by atoms with Gasteiger partial charge < -0.3 is 5.32 Å². The Labute approximate surface area is 137 Å². The first-order valence-corrected chi connectivity index (χ1v) is 7.21. The van der Waals surface area contributed by atoms with Gasteiger partial charge in [0.15, 0.2) is 0 Å². The van der Waals surface area contributed by atoms with Crippen molar-refractivity contribution in [2.45, 2.75) is 6.92 Å². The molecule has 0 radical (unpaired) electrons. The summed E-state index contributed by atoms with van der Waals surface area (Å²) in [6.07, 6.45) is 1.71. The van der Waals surface area contributed by atoms with Crippen LogP contribution in [0.5, 0.6) is 0 Å². The van der Waals surface area contributed by atoms with Gasteiger partial charge in [-0.15, -0.1) is 0 Å². The summed E-state index contributed by atoms with van der Waals surface area (Å²) in [4.78, 5) is 22.5. The van der Waals surface area contributed by atoms with Crippen LogP contribution < -0.4 is 5.32 Å². The third kappa shape index (κ3) is 3.14. The van der Waals surface area contributed by atoms with Gasteiger partial charge in [0.2, 0.25) is 0 Å². The van der Waals surface area contributed by atoms with Crippen LogP contribution in [0.25, 0.3) is 5.69 Å². The van der Waals surface area contributed by atoms with Crippen LogP contribution >= 0.6 is 0 Å². The second-order valence-corrected chi connectivity index (χ2v) is 5.19. The van der Waals surface area contributed by atoms with Gasteiger partial charge in [0, 0.05) is 35.3 Å². The van der Waals surface area contributed by atoms with E-state index in [2.05, 4.69) is 10.4 Å². The quantitative estimate of drug-likeness (QED) is 0.589. The normalized spacial score (nSPS) is 10.4. The number of non-ortho nitro benzene ring substituents is 1. The second-order valence-electron chi connectivity index (χ2n) is 5.19. The first kappa shape index (κ1) is 15.4. The average molecular weight is 322 g/mol. The smallest absolute Gasteiger partial charge is 0.271 e. The number of nitrogens with zero attached hydrogens (tertiary/aromatic N) is 3. The number of rotatable bonds is 4. The van der Waals surface area contributed by atoms with Crippen molar-refractivity contribution in [3.8, 4) is 5.69 Å². The van der Waals surface area contributed by atoms with Crippen LogP contribution in [0.4, 0.5) is 11.4 Å². The lowest BCUT2D eigenvalue weighted by molar-refractivity contribution is -0.384. The molecule has 0 atom stereocenters. The molecule has 1 aromatic heterocycles. The molecular weight excluding hydrogens is 308 g/mol. The number of nitro groups is 1. The number of carbonyl (C=O) groups excluding carboxylic acids is 1. The summed E-state index contributed by atoms with van der Waals surface area (Å²) in [6.45, 7) is 1.94. The Hall–Kier alpha value is -3.48. The van der Waals surface area contributed by atoms with E-state index in [1.807, 2.05) is 13.0 Å². The number of hydrogen-bond donors (Lipinski definition) is 1. The number of carbonyl (C=O) groups is 1. The molecule has 0 aliphatic heterocycles. The van der Waals surface area contributed by atoms with Gasteiger partial charge in [0.05, 0.1) is 10.6 Å². The van der Waals surface area contributed by atoms with Crippen molar-refractivity contribution in [3.63, 3.8) is 0 Å². The molecule has 0 saturated carbocycles. The fraction of sp³-hybridized carbons (Fsp3) is 0.0588. The highest BCUT2D eigenvalue weighted by molar-refractivity contribution is 6.04. The Balaban J connectivity index is 1.77.